The molecule has 3 aliphatic rings. The molecule has 0 unspecified atom stereocenters. The molecule has 184 valence electrons. The number of rotatable bonds is 7. The van der Waals surface area contributed by atoms with Gasteiger partial charge in [-0.15, -0.1) is 11.8 Å². The summed E-state index contributed by atoms with van der Waals surface area (Å²) in [5.41, 5.74) is -0.491. The standard InChI is InChI=1S/C30H29FN2O2S/c31-25-12-7-13-27(18-25)36-28-21-33(16-14-22(28)15-17-33)20-26-19-32-29(35-26)30(34,23-8-3-1-4-9-23)24-10-5-2-6-11-24/h1-13,18-19,22,28H,14-17,20-21H2/t22?,28-,33?/m0/s1. The summed E-state index contributed by atoms with van der Waals surface area (Å²) in [6.45, 7) is 3.93. The predicted molar refractivity (Wildman–Crippen MR) is 137 cm³/mol. The second kappa shape index (κ2) is 9.51. The Labute approximate surface area is 215 Å². The molecule has 1 atom stereocenters. The second-order valence-corrected chi connectivity index (χ2v) is 11.4. The van der Waals surface area contributed by atoms with E-state index >= 15 is 0 Å². The Bertz CT molecular complexity index is 1280. The minimum absolute atomic E-state index is 0.183. The van der Waals surface area contributed by atoms with E-state index < -0.39 is 5.60 Å². The molecule has 0 amide bonds. The Kier molecular flexibility index (Phi) is 6.20. The van der Waals surface area contributed by atoms with E-state index in [9.17, 15) is 9.50 Å². The van der Waals surface area contributed by atoms with E-state index in [1.807, 2.05) is 66.7 Å². The van der Waals surface area contributed by atoms with Gasteiger partial charge < -0.3 is 14.0 Å². The lowest BCUT2D eigenvalue weighted by molar-refractivity contribution is -0.954. The number of hydrogen-bond acceptors (Lipinski definition) is 4. The molecule has 0 N–H and O–H groups in total. The summed E-state index contributed by atoms with van der Waals surface area (Å²) in [6.07, 6.45) is 4.07. The summed E-state index contributed by atoms with van der Waals surface area (Å²) in [5, 5.41) is 14.9. The molecule has 4 aromatic rings. The number of quaternary nitrogens is 1. The molecule has 36 heavy (non-hydrogen) atoms. The van der Waals surface area contributed by atoms with Crippen molar-refractivity contribution >= 4 is 11.8 Å². The van der Waals surface area contributed by atoms with Crippen LogP contribution in [0, 0.1) is 11.7 Å². The number of oxazole rings is 1. The monoisotopic (exact) mass is 500 g/mol. The number of benzene rings is 3. The first-order valence-corrected chi connectivity index (χ1v) is 13.5. The number of hydrogen-bond donors (Lipinski definition) is 0. The Hall–Kier alpha value is -2.93. The maximum Gasteiger partial charge on any atom is 0.193 e. The van der Waals surface area contributed by atoms with Gasteiger partial charge in [0.25, 0.3) is 0 Å². The molecule has 3 aliphatic heterocycles. The molecule has 2 bridgehead atoms. The van der Waals surface area contributed by atoms with E-state index in [4.69, 9.17) is 4.42 Å². The Balaban J connectivity index is 1.26. The van der Waals surface area contributed by atoms with Crippen LogP contribution in [0.5, 0.6) is 0 Å². The number of aromatic nitrogens is 1. The van der Waals surface area contributed by atoms with Crippen LogP contribution >= 0.6 is 11.8 Å². The van der Waals surface area contributed by atoms with Crippen LogP contribution in [-0.4, -0.2) is 34.4 Å². The topological polar surface area (TPSA) is 49.1 Å². The molecule has 0 spiro atoms. The van der Waals surface area contributed by atoms with Crippen LogP contribution in [-0.2, 0) is 12.1 Å². The van der Waals surface area contributed by atoms with Gasteiger partial charge in [0.2, 0.25) is 0 Å². The van der Waals surface area contributed by atoms with Crippen LogP contribution in [0.25, 0.3) is 0 Å². The van der Waals surface area contributed by atoms with Crippen molar-refractivity contribution in [3.8, 4) is 0 Å². The van der Waals surface area contributed by atoms with Gasteiger partial charge in [0.05, 0.1) is 31.1 Å². The number of thioether (sulfide) groups is 1. The maximum atomic E-state index is 14.5. The highest BCUT2D eigenvalue weighted by atomic mass is 32.2. The van der Waals surface area contributed by atoms with Crippen LogP contribution in [0.2, 0.25) is 0 Å². The zero-order valence-electron chi connectivity index (χ0n) is 20.1. The largest absolute Gasteiger partial charge is 0.836 e. The zero-order valence-corrected chi connectivity index (χ0v) is 20.9. The fraction of sp³-hybridized carbons (Fsp3) is 0.300. The molecule has 6 heteroatoms. The van der Waals surface area contributed by atoms with Crippen molar-refractivity contribution in [1.82, 2.24) is 4.98 Å². The van der Waals surface area contributed by atoms with Gasteiger partial charge in [0.1, 0.15) is 12.4 Å². The summed E-state index contributed by atoms with van der Waals surface area (Å²) in [5.74, 6) is 1.42. The van der Waals surface area contributed by atoms with Crippen molar-refractivity contribution < 1.29 is 18.4 Å². The van der Waals surface area contributed by atoms with E-state index in [2.05, 4.69) is 4.98 Å². The lowest BCUT2D eigenvalue weighted by atomic mass is 9.85. The smallest absolute Gasteiger partial charge is 0.193 e. The summed E-state index contributed by atoms with van der Waals surface area (Å²) in [6, 6.07) is 25.6. The fourth-order valence-electron chi connectivity index (χ4n) is 5.93. The van der Waals surface area contributed by atoms with Crippen molar-refractivity contribution in [2.75, 3.05) is 19.6 Å². The third-order valence-electron chi connectivity index (χ3n) is 7.83. The summed E-state index contributed by atoms with van der Waals surface area (Å²) >= 11 is 1.80. The van der Waals surface area contributed by atoms with Gasteiger partial charge in [-0.05, 0) is 35.2 Å². The van der Waals surface area contributed by atoms with E-state index in [0.717, 1.165) is 54.2 Å². The first-order valence-electron chi connectivity index (χ1n) is 12.6. The molecule has 7 rings (SSSR count). The molecule has 4 nitrogen and oxygen atoms in total. The highest BCUT2D eigenvalue weighted by molar-refractivity contribution is 8.00. The molecule has 1 aromatic heterocycles. The molecular weight excluding hydrogens is 471 g/mol. The highest BCUT2D eigenvalue weighted by Gasteiger charge is 2.47. The molecule has 3 saturated heterocycles. The van der Waals surface area contributed by atoms with Gasteiger partial charge in [0, 0.05) is 23.3 Å². The van der Waals surface area contributed by atoms with Gasteiger partial charge in [-0.1, -0.05) is 66.7 Å². The maximum absolute atomic E-state index is 14.5. The lowest BCUT2D eigenvalue weighted by Gasteiger charge is -2.52. The lowest BCUT2D eigenvalue weighted by Crippen LogP contribution is -2.62. The molecule has 4 heterocycles. The highest BCUT2D eigenvalue weighted by Crippen LogP contribution is 2.43. The van der Waals surface area contributed by atoms with E-state index in [-0.39, 0.29) is 11.7 Å². The molecule has 3 fully saturated rings. The first-order chi connectivity index (χ1) is 17.5. The number of halogens is 1. The van der Waals surface area contributed by atoms with E-state index in [1.54, 1.807) is 30.1 Å². The van der Waals surface area contributed by atoms with Crippen molar-refractivity contribution in [3.63, 3.8) is 0 Å². The van der Waals surface area contributed by atoms with Crippen molar-refractivity contribution in [3.05, 3.63) is 120 Å². The molecule has 0 saturated carbocycles. The van der Waals surface area contributed by atoms with Crippen molar-refractivity contribution in [1.29, 1.82) is 0 Å². The minimum Gasteiger partial charge on any atom is -0.836 e. The predicted octanol–water partition coefficient (Wildman–Crippen LogP) is 5.37. The van der Waals surface area contributed by atoms with E-state index in [0.29, 0.717) is 22.3 Å². The van der Waals surface area contributed by atoms with Crippen LogP contribution in [0.3, 0.4) is 0 Å². The van der Waals surface area contributed by atoms with Crippen LogP contribution < -0.4 is 5.11 Å². The van der Waals surface area contributed by atoms with Gasteiger partial charge in [-0.2, -0.15) is 0 Å². The molecule has 3 aromatic carbocycles. The second-order valence-electron chi connectivity index (χ2n) is 10.1. The van der Waals surface area contributed by atoms with Gasteiger partial charge in [0.15, 0.2) is 11.7 Å². The summed E-state index contributed by atoms with van der Waals surface area (Å²) < 4.78 is 21.0. The van der Waals surface area contributed by atoms with Crippen LogP contribution in [0.4, 0.5) is 4.39 Å². The number of nitrogens with zero attached hydrogens (tertiary/aromatic N) is 2. The van der Waals surface area contributed by atoms with E-state index in [1.165, 1.54) is 6.07 Å². The van der Waals surface area contributed by atoms with Gasteiger partial charge in [-0.25, -0.2) is 9.37 Å². The SMILES string of the molecule is [O-]C(c1ccccc1)(c1ccccc1)c1ncc(C[N+]23CCC(CC2)[C@@H](Sc2cccc(F)c2)C3)o1. The fourth-order valence-corrected chi connectivity index (χ4v) is 7.47. The normalized spacial score (nSPS) is 23.6. The third-order valence-corrected chi connectivity index (χ3v) is 9.19. The third kappa shape index (κ3) is 4.38. The van der Waals surface area contributed by atoms with Gasteiger partial charge in [-0.3, -0.25) is 0 Å². The van der Waals surface area contributed by atoms with Crippen molar-refractivity contribution in [2.24, 2.45) is 5.92 Å². The average Bonchev–Trinajstić information content (AvgIpc) is 3.38. The number of fused-ring (bicyclic) bond motifs is 3. The average molecular weight is 501 g/mol. The zero-order chi connectivity index (χ0) is 24.6. The minimum atomic E-state index is -1.72. The Morgan fingerprint density at radius 3 is 2.25 bits per heavy atom. The first kappa shape index (κ1) is 23.5. The number of piperidine rings is 3. The Morgan fingerprint density at radius 2 is 1.61 bits per heavy atom. The Morgan fingerprint density at radius 1 is 0.944 bits per heavy atom. The van der Waals surface area contributed by atoms with Crippen LogP contribution in [0.1, 0.15) is 35.6 Å². The summed E-state index contributed by atoms with van der Waals surface area (Å²) in [7, 11) is 0. The quantitative estimate of drug-likeness (QED) is 0.320. The molecule has 0 aliphatic carbocycles. The van der Waals surface area contributed by atoms with Gasteiger partial charge >= 0.3 is 0 Å². The van der Waals surface area contributed by atoms with Crippen LogP contribution in [0.15, 0.2) is 100 Å². The van der Waals surface area contributed by atoms with Crippen molar-refractivity contribution in [2.45, 2.75) is 35.1 Å². The molecular formula is C30H29FN2O2S. The molecule has 0 radical (unpaired) electrons. The summed E-state index contributed by atoms with van der Waals surface area (Å²) in [4.78, 5) is 5.54.